The van der Waals surface area contributed by atoms with Crippen LogP contribution in [0.1, 0.15) is 0 Å². The molecular weight excluding hydrogens is 480 g/mol. The quantitative estimate of drug-likeness (QED) is 0.306. The van der Waals surface area contributed by atoms with Gasteiger partial charge < -0.3 is 10.2 Å². The van der Waals surface area contributed by atoms with Crippen LogP contribution in [0.15, 0.2) is 93.9 Å². The third-order valence-electron chi connectivity index (χ3n) is 4.69. The Morgan fingerprint density at radius 2 is 0.750 bits per heavy atom. The van der Waals surface area contributed by atoms with Gasteiger partial charge in [-0.1, -0.05) is 72.8 Å². The molecule has 4 rings (SSSR count). The zero-order valence-corrected chi connectivity index (χ0v) is 17.9. The van der Waals surface area contributed by atoms with Gasteiger partial charge in [0.1, 0.15) is 11.5 Å². The Hall–Kier alpha value is -2.56. The monoisotopic (exact) mass is 494 g/mol. The van der Waals surface area contributed by atoms with Crippen molar-refractivity contribution in [3.05, 3.63) is 93.9 Å². The van der Waals surface area contributed by atoms with E-state index in [-0.39, 0.29) is 11.5 Å². The highest BCUT2D eigenvalue weighted by molar-refractivity contribution is 9.11. The second kappa shape index (κ2) is 7.82. The molecular formula is C24H16Br2O2. The highest BCUT2D eigenvalue weighted by Crippen LogP contribution is 2.47. The molecule has 4 aromatic carbocycles. The first kappa shape index (κ1) is 18.8. The van der Waals surface area contributed by atoms with Crippen LogP contribution in [-0.4, -0.2) is 10.2 Å². The van der Waals surface area contributed by atoms with E-state index < -0.39 is 0 Å². The Morgan fingerprint density at radius 1 is 0.429 bits per heavy atom. The molecule has 0 radical (unpaired) electrons. The molecule has 0 bridgehead atoms. The van der Waals surface area contributed by atoms with Crippen molar-refractivity contribution in [1.82, 2.24) is 0 Å². The van der Waals surface area contributed by atoms with E-state index in [9.17, 15) is 10.2 Å². The summed E-state index contributed by atoms with van der Waals surface area (Å²) in [4.78, 5) is 0. The Labute approximate surface area is 180 Å². The van der Waals surface area contributed by atoms with Gasteiger partial charge in [-0.15, -0.1) is 0 Å². The summed E-state index contributed by atoms with van der Waals surface area (Å²) in [7, 11) is 0. The van der Waals surface area contributed by atoms with Gasteiger partial charge in [-0.05, 0) is 66.2 Å². The fourth-order valence-corrected chi connectivity index (χ4v) is 4.39. The van der Waals surface area contributed by atoms with Crippen molar-refractivity contribution < 1.29 is 10.2 Å². The third-order valence-corrected chi connectivity index (χ3v) is 6.30. The lowest BCUT2D eigenvalue weighted by Gasteiger charge is -2.15. The molecule has 0 aromatic heterocycles. The summed E-state index contributed by atoms with van der Waals surface area (Å²) in [5.41, 5.74) is 4.90. The number of phenols is 2. The summed E-state index contributed by atoms with van der Waals surface area (Å²) in [5.74, 6) is 0.187. The number of benzene rings is 4. The summed E-state index contributed by atoms with van der Waals surface area (Å²) in [6.45, 7) is 0. The number of hydrogen-bond acceptors (Lipinski definition) is 2. The summed E-state index contributed by atoms with van der Waals surface area (Å²) in [6, 6.07) is 27.2. The van der Waals surface area contributed by atoms with E-state index in [0.717, 1.165) is 22.3 Å². The number of phenolic OH excluding ortho intramolecular Hbond substituents is 2. The topological polar surface area (TPSA) is 40.5 Å². The lowest BCUT2D eigenvalue weighted by molar-refractivity contribution is 0.466. The second-order valence-electron chi connectivity index (χ2n) is 6.38. The standard InChI is InChI=1S/C24H16Br2O2/c25-21-17(15-7-3-1-4-8-15)11-13-19(23(21)27)20-14-12-18(22(26)24(20)28)16-9-5-2-6-10-16/h1-14,27-28H. The molecule has 28 heavy (non-hydrogen) atoms. The van der Waals surface area contributed by atoms with Gasteiger partial charge in [0.05, 0.1) is 8.95 Å². The molecule has 0 fully saturated rings. The first-order chi connectivity index (χ1) is 13.6. The predicted molar refractivity (Wildman–Crippen MR) is 121 cm³/mol. The van der Waals surface area contributed by atoms with Crippen LogP contribution in [-0.2, 0) is 0 Å². The van der Waals surface area contributed by atoms with Crippen molar-refractivity contribution in [2.75, 3.05) is 0 Å². The Kier molecular flexibility index (Phi) is 5.25. The first-order valence-corrected chi connectivity index (χ1v) is 10.3. The van der Waals surface area contributed by atoms with Crippen LogP contribution >= 0.6 is 31.9 Å². The number of aromatic hydroxyl groups is 2. The van der Waals surface area contributed by atoms with Crippen LogP contribution in [0.25, 0.3) is 33.4 Å². The summed E-state index contributed by atoms with van der Waals surface area (Å²) in [5, 5.41) is 21.6. The highest BCUT2D eigenvalue weighted by Gasteiger charge is 2.18. The van der Waals surface area contributed by atoms with Gasteiger partial charge in [-0.25, -0.2) is 0 Å². The van der Waals surface area contributed by atoms with Crippen molar-refractivity contribution in [2.45, 2.75) is 0 Å². The van der Waals surface area contributed by atoms with Crippen molar-refractivity contribution in [3.8, 4) is 44.9 Å². The predicted octanol–water partition coefficient (Wildman–Crippen LogP) is 7.62. The summed E-state index contributed by atoms with van der Waals surface area (Å²) in [6.07, 6.45) is 0. The first-order valence-electron chi connectivity index (χ1n) is 8.72. The molecule has 4 aromatic rings. The van der Waals surface area contributed by atoms with E-state index in [4.69, 9.17) is 0 Å². The summed E-state index contributed by atoms with van der Waals surface area (Å²) >= 11 is 7.03. The molecule has 0 atom stereocenters. The Bertz CT molecular complexity index is 1050. The minimum atomic E-state index is 0.0935. The average molecular weight is 496 g/mol. The van der Waals surface area contributed by atoms with Gasteiger partial charge in [0.25, 0.3) is 0 Å². The van der Waals surface area contributed by atoms with Gasteiger partial charge >= 0.3 is 0 Å². The minimum Gasteiger partial charge on any atom is -0.506 e. The van der Waals surface area contributed by atoms with Crippen LogP contribution in [0.3, 0.4) is 0 Å². The smallest absolute Gasteiger partial charge is 0.138 e. The van der Waals surface area contributed by atoms with Crippen LogP contribution in [0, 0.1) is 0 Å². The van der Waals surface area contributed by atoms with Crippen molar-refractivity contribution in [3.63, 3.8) is 0 Å². The van der Waals surface area contributed by atoms with Gasteiger partial charge in [0, 0.05) is 11.1 Å². The van der Waals surface area contributed by atoms with Crippen LogP contribution in [0.2, 0.25) is 0 Å². The molecule has 0 aliphatic rings. The van der Waals surface area contributed by atoms with Crippen molar-refractivity contribution >= 4 is 31.9 Å². The SMILES string of the molecule is Oc1c(-c2ccc(-c3ccccc3)c(Br)c2O)ccc(-c2ccccc2)c1Br. The number of hydrogen-bond donors (Lipinski definition) is 2. The van der Waals surface area contributed by atoms with Crippen LogP contribution in [0.5, 0.6) is 11.5 Å². The third kappa shape index (κ3) is 3.34. The molecule has 2 nitrogen and oxygen atoms in total. The maximum Gasteiger partial charge on any atom is 0.138 e. The van der Waals surface area contributed by atoms with E-state index in [1.54, 1.807) is 0 Å². The molecule has 0 heterocycles. The van der Waals surface area contributed by atoms with Gasteiger partial charge in [-0.3, -0.25) is 0 Å². The van der Waals surface area contributed by atoms with E-state index in [2.05, 4.69) is 31.9 Å². The normalized spacial score (nSPS) is 10.8. The molecule has 0 aliphatic heterocycles. The van der Waals surface area contributed by atoms with Gasteiger partial charge in [-0.2, -0.15) is 0 Å². The molecule has 0 saturated heterocycles. The molecule has 0 amide bonds. The summed E-state index contributed by atoms with van der Waals surface area (Å²) < 4.78 is 1.19. The second-order valence-corrected chi connectivity index (χ2v) is 7.96. The van der Waals surface area contributed by atoms with E-state index >= 15 is 0 Å². The van der Waals surface area contributed by atoms with Crippen molar-refractivity contribution in [2.24, 2.45) is 0 Å². The number of halogens is 2. The van der Waals surface area contributed by atoms with E-state index in [1.165, 1.54) is 0 Å². The highest BCUT2D eigenvalue weighted by atomic mass is 79.9. The molecule has 0 spiro atoms. The van der Waals surface area contributed by atoms with E-state index in [1.807, 2.05) is 84.9 Å². The lowest BCUT2D eigenvalue weighted by Crippen LogP contribution is -1.88. The molecule has 0 unspecified atom stereocenters. The molecule has 0 saturated carbocycles. The zero-order valence-electron chi connectivity index (χ0n) is 14.7. The minimum absolute atomic E-state index is 0.0935. The van der Waals surface area contributed by atoms with Crippen LogP contribution < -0.4 is 0 Å². The average Bonchev–Trinajstić information content (AvgIpc) is 2.74. The van der Waals surface area contributed by atoms with Gasteiger partial charge in [0.15, 0.2) is 0 Å². The molecule has 0 aliphatic carbocycles. The fourth-order valence-electron chi connectivity index (χ4n) is 3.25. The largest absolute Gasteiger partial charge is 0.506 e. The maximum absolute atomic E-state index is 10.8. The fraction of sp³-hybridized carbons (Fsp3) is 0. The Morgan fingerprint density at radius 3 is 1.11 bits per heavy atom. The Balaban J connectivity index is 1.82. The van der Waals surface area contributed by atoms with Crippen LogP contribution in [0.4, 0.5) is 0 Å². The van der Waals surface area contributed by atoms with Gasteiger partial charge in [0.2, 0.25) is 0 Å². The maximum atomic E-state index is 10.8. The van der Waals surface area contributed by atoms with Crippen molar-refractivity contribution in [1.29, 1.82) is 0 Å². The number of rotatable bonds is 3. The molecule has 2 N–H and O–H groups in total. The lowest BCUT2D eigenvalue weighted by atomic mass is 9.96. The molecule has 138 valence electrons. The zero-order chi connectivity index (χ0) is 19.7. The molecule has 4 heteroatoms. The van der Waals surface area contributed by atoms with E-state index in [0.29, 0.717) is 20.1 Å².